The first-order chi connectivity index (χ1) is 5.68. The smallest absolute Gasteiger partial charge is 0.303 e. The zero-order chi connectivity index (χ0) is 8.97. The van der Waals surface area contributed by atoms with Crippen LogP contribution in [0.4, 0.5) is 0 Å². The summed E-state index contributed by atoms with van der Waals surface area (Å²) >= 11 is 0. The lowest BCUT2D eigenvalue weighted by Crippen LogP contribution is -2.14. The Kier molecular flexibility index (Phi) is 3.26. The summed E-state index contributed by atoms with van der Waals surface area (Å²) in [7, 11) is 0. The minimum absolute atomic E-state index is 0.249. The summed E-state index contributed by atoms with van der Waals surface area (Å²) in [6, 6.07) is 0. The predicted molar refractivity (Wildman–Crippen MR) is 43.8 cm³/mol. The van der Waals surface area contributed by atoms with Crippen molar-refractivity contribution in [1.82, 2.24) is 0 Å². The van der Waals surface area contributed by atoms with Crippen molar-refractivity contribution in [3.8, 4) is 0 Å². The second-order valence-corrected chi connectivity index (χ2v) is 3.41. The number of carboxylic acid groups (broad SMARTS) is 1. The second kappa shape index (κ2) is 4.24. The molecule has 0 saturated heterocycles. The van der Waals surface area contributed by atoms with Crippen LogP contribution in [0.2, 0.25) is 0 Å². The van der Waals surface area contributed by atoms with Crippen LogP contribution in [0, 0.1) is 5.92 Å². The van der Waals surface area contributed by atoms with Crippen LogP contribution in [0.1, 0.15) is 38.5 Å². The van der Waals surface area contributed by atoms with Gasteiger partial charge in [0.2, 0.25) is 0 Å². The standard InChI is InChI=1S/C9H14O3/c10-8-4-1-7(2-5-8)3-6-9(11)12/h7H,1-6H2,(H,11,12). The van der Waals surface area contributed by atoms with Gasteiger partial charge >= 0.3 is 5.97 Å². The van der Waals surface area contributed by atoms with E-state index in [1.54, 1.807) is 0 Å². The normalized spacial score (nSPS) is 19.5. The molecular weight excluding hydrogens is 156 g/mol. The highest BCUT2D eigenvalue weighted by Crippen LogP contribution is 2.25. The summed E-state index contributed by atoms with van der Waals surface area (Å²) < 4.78 is 0. The van der Waals surface area contributed by atoms with Crippen molar-refractivity contribution in [3.05, 3.63) is 0 Å². The van der Waals surface area contributed by atoms with Gasteiger partial charge in [0, 0.05) is 19.3 Å². The Hall–Kier alpha value is -0.860. The fourth-order valence-electron chi connectivity index (χ4n) is 1.62. The molecule has 0 radical (unpaired) electrons. The molecule has 0 aromatic rings. The maximum absolute atomic E-state index is 10.8. The molecule has 0 aliphatic heterocycles. The highest BCUT2D eigenvalue weighted by molar-refractivity contribution is 5.79. The second-order valence-electron chi connectivity index (χ2n) is 3.41. The fourth-order valence-corrected chi connectivity index (χ4v) is 1.62. The van der Waals surface area contributed by atoms with Gasteiger partial charge in [-0.3, -0.25) is 9.59 Å². The van der Waals surface area contributed by atoms with Crippen molar-refractivity contribution in [2.75, 3.05) is 0 Å². The van der Waals surface area contributed by atoms with Crippen LogP contribution in [-0.2, 0) is 9.59 Å². The van der Waals surface area contributed by atoms with E-state index in [0.29, 0.717) is 24.5 Å². The Morgan fingerprint density at radius 1 is 1.42 bits per heavy atom. The molecule has 3 nitrogen and oxygen atoms in total. The van der Waals surface area contributed by atoms with Crippen LogP contribution in [0.3, 0.4) is 0 Å². The lowest BCUT2D eigenvalue weighted by molar-refractivity contribution is -0.137. The van der Waals surface area contributed by atoms with E-state index in [1.165, 1.54) is 0 Å². The summed E-state index contributed by atoms with van der Waals surface area (Å²) in [5.74, 6) is 0.0762. The molecule has 12 heavy (non-hydrogen) atoms. The number of ketones is 1. The highest BCUT2D eigenvalue weighted by Gasteiger charge is 2.18. The number of hydrogen-bond donors (Lipinski definition) is 1. The first-order valence-corrected chi connectivity index (χ1v) is 4.42. The van der Waals surface area contributed by atoms with Gasteiger partial charge in [-0.05, 0) is 25.2 Å². The van der Waals surface area contributed by atoms with Crippen molar-refractivity contribution >= 4 is 11.8 Å². The van der Waals surface area contributed by atoms with Crippen LogP contribution in [0.25, 0.3) is 0 Å². The van der Waals surface area contributed by atoms with Gasteiger partial charge in [-0.1, -0.05) is 0 Å². The summed E-state index contributed by atoms with van der Waals surface area (Å²) in [5.41, 5.74) is 0. The van der Waals surface area contributed by atoms with Crippen LogP contribution in [-0.4, -0.2) is 16.9 Å². The molecule has 1 fully saturated rings. The molecule has 0 aromatic heterocycles. The summed E-state index contributed by atoms with van der Waals surface area (Å²) in [6.07, 6.45) is 4.09. The predicted octanol–water partition coefficient (Wildman–Crippen LogP) is 1.61. The van der Waals surface area contributed by atoms with E-state index in [0.717, 1.165) is 19.3 Å². The lowest BCUT2D eigenvalue weighted by Gasteiger charge is -2.19. The number of hydrogen-bond acceptors (Lipinski definition) is 2. The molecule has 3 heteroatoms. The van der Waals surface area contributed by atoms with Crippen LogP contribution in [0.15, 0.2) is 0 Å². The molecule has 0 spiro atoms. The third kappa shape index (κ3) is 3.03. The fraction of sp³-hybridized carbons (Fsp3) is 0.778. The molecule has 1 N–H and O–H groups in total. The Labute approximate surface area is 71.8 Å². The Balaban J connectivity index is 2.17. The molecule has 0 bridgehead atoms. The minimum atomic E-state index is -0.730. The summed E-state index contributed by atoms with van der Waals surface area (Å²) in [6.45, 7) is 0. The number of Topliss-reactive ketones (excluding diaryl/α,β-unsaturated/α-hetero) is 1. The minimum Gasteiger partial charge on any atom is -0.481 e. The molecule has 0 aromatic carbocycles. The van der Waals surface area contributed by atoms with E-state index in [9.17, 15) is 9.59 Å². The van der Waals surface area contributed by atoms with Crippen LogP contribution in [0.5, 0.6) is 0 Å². The first kappa shape index (κ1) is 9.23. The van der Waals surface area contributed by atoms with Crippen molar-refractivity contribution in [3.63, 3.8) is 0 Å². The Morgan fingerprint density at radius 2 is 2.00 bits per heavy atom. The van der Waals surface area contributed by atoms with Crippen molar-refractivity contribution < 1.29 is 14.7 Å². The van der Waals surface area contributed by atoms with Crippen LogP contribution < -0.4 is 0 Å². The van der Waals surface area contributed by atoms with Gasteiger partial charge in [-0.2, -0.15) is 0 Å². The topological polar surface area (TPSA) is 54.4 Å². The lowest BCUT2D eigenvalue weighted by atomic mass is 9.85. The van der Waals surface area contributed by atoms with Crippen molar-refractivity contribution in [2.45, 2.75) is 38.5 Å². The Morgan fingerprint density at radius 3 is 2.50 bits per heavy atom. The third-order valence-electron chi connectivity index (χ3n) is 2.43. The molecule has 68 valence electrons. The van der Waals surface area contributed by atoms with E-state index in [-0.39, 0.29) is 6.42 Å². The zero-order valence-electron chi connectivity index (χ0n) is 7.08. The zero-order valence-corrected chi connectivity index (χ0v) is 7.08. The largest absolute Gasteiger partial charge is 0.481 e. The van der Waals surface area contributed by atoms with E-state index < -0.39 is 5.97 Å². The summed E-state index contributed by atoms with van der Waals surface area (Å²) in [4.78, 5) is 21.1. The van der Waals surface area contributed by atoms with E-state index in [4.69, 9.17) is 5.11 Å². The number of carbonyl (C=O) groups excluding carboxylic acids is 1. The average Bonchev–Trinajstić information content (AvgIpc) is 2.03. The number of aliphatic carboxylic acids is 1. The van der Waals surface area contributed by atoms with Gasteiger partial charge in [0.25, 0.3) is 0 Å². The number of rotatable bonds is 3. The van der Waals surface area contributed by atoms with Crippen molar-refractivity contribution in [2.24, 2.45) is 5.92 Å². The monoisotopic (exact) mass is 170 g/mol. The molecular formula is C9H14O3. The van der Waals surface area contributed by atoms with Gasteiger partial charge in [-0.25, -0.2) is 0 Å². The highest BCUT2D eigenvalue weighted by atomic mass is 16.4. The first-order valence-electron chi connectivity index (χ1n) is 4.42. The quantitative estimate of drug-likeness (QED) is 0.700. The van der Waals surface area contributed by atoms with Crippen molar-refractivity contribution in [1.29, 1.82) is 0 Å². The molecule has 0 atom stereocenters. The maximum Gasteiger partial charge on any atom is 0.303 e. The molecule has 0 heterocycles. The SMILES string of the molecule is O=C(O)CCC1CCC(=O)CC1. The van der Waals surface area contributed by atoms with Gasteiger partial charge in [0.15, 0.2) is 0 Å². The van der Waals surface area contributed by atoms with Gasteiger partial charge in [0.1, 0.15) is 5.78 Å². The van der Waals surface area contributed by atoms with E-state index >= 15 is 0 Å². The Bertz CT molecular complexity index is 176. The molecule has 1 aliphatic carbocycles. The number of carboxylic acids is 1. The van der Waals surface area contributed by atoms with E-state index in [2.05, 4.69) is 0 Å². The maximum atomic E-state index is 10.8. The molecule has 0 amide bonds. The third-order valence-corrected chi connectivity index (χ3v) is 2.43. The molecule has 1 saturated carbocycles. The van der Waals surface area contributed by atoms with E-state index in [1.807, 2.05) is 0 Å². The molecule has 1 aliphatic rings. The van der Waals surface area contributed by atoms with Gasteiger partial charge in [-0.15, -0.1) is 0 Å². The van der Waals surface area contributed by atoms with Crippen LogP contribution >= 0.6 is 0 Å². The molecule has 1 rings (SSSR count). The summed E-state index contributed by atoms with van der Waals surface area (Å²) in [5, 5.41) is 8.43. The average molecular weight is 170 g/mol. The van der Waals surface area contributed by atoms with Gasteiger partial charge in [0.05, 0.1) is 0 Å². The molecule has 0 unspecified atom stereocenters. The van der Waals surface area contributed by atoms with Gasteiger partial charge < -0.3 is 5.11 Å². The number of carbonyl (C=O) groups is 2.